The molecular formula is C17H18N2S. The van der Waals surface area contributed by atoms with Gasteiger partial charge in [-0.25, -0.2) is 0 Å². The molecule has 0 aliphatic carbocycles. The van der Waals surface area contributed by atoms with E-state index in [0.717, 1.165) is 17.9 Å². The molecule has 2 rings (SSSR count). The SMILES string of the molecule is CNCc1cccc(SCc2ccc(C#N)cc2C)c1. The lowest BCUT2D eigenvalue weighted by Gasteiger charge is -2.07. The molecule has 0 radical (unpaired) electrons. The summed E-state index contributed by atoms with van der Waals surface area (Å²) >= 11 is 1.83. The second kappa shape index (κ2) is 7.14. The van der Waals surface area contributed by atoms with Crippen molar-refractivity contribution in [3.63, 3.8) is 0 Å². The lowest BCUT2D eigenvalue weighted by atomic mass is 10.1. The van der Waals surface area contributed by atoms with Crippen LogP contribution in [0, 0.1) is 18.3 Å². The number of thioether (sulfide) groups is 1. The minimum Gasteiger partial charge on any atom is -0.316 e. The Morgan fingerprint density at radius 2 is 2.05 bits per heavy atom. The maximum atomic E-state index is 8.88. The van der Waals surface area contributed by atoms with Crippen LogP contribution in [0.3, 0.4) is 0 Å². The van der Waals surface area contributed by atoms with E-state index in [1.54, 1.807) is 0 Å². The summed E-state index contributed by atoms with van der Waals surface area (Å²) in [6, 6.07) is 16.7. The molecule has 0 aromatic heterocycles. The summed E-state index contributed by atoms with van der Waals surface area (Å²) in [6.45, 7) is 2.96. The molecule has 0 amide bonds. The van der Waals surface area contributed by atoms with E-state index in [1.807, 2.05) is 30.9 Å². The van der Waals surface area contributed by atoms with Crippen LogP contribution in [-0.4, -0.2) is 7.05 Å². The van der Waals surface area contributed by atoms with Crippen molar-refractivity contribution in [3.05, 3.63) is 64.7 Å². The van der Waals surface area contributed by atoms with Gasteiger partial charge in [-0.3, -0.25) is 0 Å². The zero-order chi connectivity index (χ0) is 14.4. The van der Waals surface area contributed by atoms with Gasteiger partial charge in [0.2, 0.25) is 0 Å². The summed E-state index contributed by atoms with van der Waals surface area (Å²) in [5.74, 6) is 0.931. The number of aryl methyl sites for hydroxylation is 1. The molecule has 1 N–H and O–H groups in total. The second-order valence-electron chi connectivity index (χ2n) is 4.72. The summed E-state index contributed by atoms with van der Waals surface area (Å²) in [4.78, 5) is 1.28. The Hall–Kier alpha value is -1.76. The molecule has 20 heavy (non-hydrogen) atoms. The lowest BCUT2D eigenvalue weighted by molar-refractivity contribution is 0.815. The monoisotopic (exact) mass is 282 g/mol. The van der Waals surface area contributed by atoms with Crippen LogP contribution in [0.5, 0.6) is 0 Å². The summed E-state index contributed by atoms with van der Waals surface area (Å²) in [5, 5.41) is 12.0. The number of hydrogen-bond donors (Lipinski definition) is 1. The van der Waals surface area contributed by atoms with E-state index < -0.39 is 0 Å². The van der Waals surface area contributed by atoms with Gasteiger partial charge in [-0.05, 0) is 54.9 Å². The first-order valence-electron chi connectivity index (χ1n) is 6.59. The Morgan fingerprint density at radius 3 is 2.75 bits per heavy atom. The Labute approximate surface area is 124 Å². The molecule has 0 atom stereocenters. The number of nitrogens with one attached hydrogen (secondary N) is 1. The van der Waals surface area contributed by atoms with Gasteiger partial charge in [0.25, 0.3) is 0 Å². The van der Waals surface area contributed by atoms with Gasteiger partial charge in [0.15, 0.2) is 0 Å². The number of hydrogen-bond acceptors (Lipinski definition) is 3. The number of nitriles is 1. The average molecular weight is 282 g/mol. The predicted octanol–water partition coefficient (Wildman–Crippen LogP) is 3.88. The second-order valence-corrected chi connectivity index (χ2v) is 5.77. The molecule has 0 fully saturated rings. The molecule has 0 bridgehead atoms. The van der Waals surface area contributed by atoms with E-state index in [2.05, 4.69) is 48.6 Å². The van der Waals surface area contributed by atoms with Crippen LogP contribution in [0.4, 0.5) is 0 Å². The Bertz CT molecular complexity index is 629. The third-order valence-electron chi connectivity index (χ3n) is 3.15. The van der Waals surface area contributed by atoms with Crippen molar-refractivity contribution >= 4 is 11.8 Å². The normalized spacial score (nSPS) is 10.2. The molecule has 0 saturated heterocycles. The molecule has 2 nitrogen and oxygen atoms in total. The van der Waals surface area contributed by atoms with Crippen LogP contribution in [0.15, 0.2) is 47.4 Å². The van der Waals surface area contributed by atoms with E-state index in [0.29, 0.717) is 0 Å². The van der Waals surface area contributed by atoms with E-state index >= 15 is 0 Å². The Kier molecular flexibility index (Phi) is 5.23. The van der Waals surface area contributed by atoms with Crippen molar-refractivity contribution in [1.82, 2.24) is 5.32 Å². The molecule has 0 aliphatic rings. The molecule has 102 valence electrons. The fraction of sp³-hybridized carbons (Fsp3) is 0.235. The molecule has 0 saturated carbocycles. The Balaban J connectivity index is 2.05. The topological polar surface area (TPSA) is 35.8 Å². The third-order valence-corrected chi connectivity index (χ3v) is 4.19. The van der Waals surface area contributed by atoms with Crippen molar-refractivity contribution in [3.8, 4) is 6.07 Å². The van der Waals surface area contributed by atoms with Crippen LogP contribution >= 0.6 is 11.8 Å². The maximum absolute atomic E-state index is 8.88. The molecular weight excluding hydrogens is 264 g/mol. The van der Waals surface area contributed by atoms with Gasteiger partial charge >= 0.3 is 0 Å². The maximum Gasteiger partial charge on any atom is 0.0991 e. The minimum absolute atomic E-state index is 0.729. The van der Waals surface area contributed by atoms with Crippen molar-refractivity contribution in [1.29, 1.82) is 5.26 Å². The van der Waals surface area contributed by atoms with Gasteiger partial charge < -0.3 is 5.32 Å². The molecule has 0 heterocycles. The number of nitrogens with zero attached hydrogens (tertiary/aromatic N) is 1. The first-order chi connectivity index (χ1) is 9.72. The largest absolute Gasteiger partial charge is 0.316 e. The molecule has 2 aromatic rings. The van der Waals surface area contributed by atoms with Crippen molar-refractivity contribution in [2.75, 3.05) is 7.05 Å². The van der Waals surface area contributed by atoms with Crippen LogP contribution in [-0.2, 0) is 12.3 Å². The Morgan fingerprint density at radius 1 is 1.20 bits per heavy atom. The summed E-state index contributed by atoms with van der Waals surface area (Å²) < 4.78 is 0. The first-order valence-corrected chi connectivity index (χ1v) is 7.57. The molecule has 0 unspecified atom stereocenters. The molecule has 3 heteroatoms. The molecule has 0 aliphatic heterocycles. The van der Waals surface area contributed by atoms with E-state index in [-0.39, 0.29) is 0 Å². The van der Waals surface area contributed by atoms with Crippen molar-refractivity contribution < 1.29 is 0 Å². The average Bonchev–Trinajstić information content (AvgIpc) is 2.46. The van der Waals surface area contributed by atoms with Gasteiger partial charge in [0, 0.05) is 17.2 Å². The van der Waals surface area contributed by atoms with E-state index in [9.17, 15) is 0 Å². The van der Waals surface area contributed by atoms with Crippen LogP contribution in [0.2, 0.25) is 0 Å². The summed E-state index contributed by atoms with van der Waals surface area (Å²) in [6.07, 6.45) is 0. The minimum atomic E-state index is 0.729. The highest BCUT2D eigenvalue weighted by Gasteiger charge is 2.02. The highest BCUT2D eigenvalue weighted by Crippen LogP contribution is 2.25. The van der Waals surface area contributed by atoms with Gasteiger partial charge in [-0.1, -0.05) is 18.2 Å². The molecule has 2 aromatic carbocycles. The quantitative estimate of drug-likeness (QED) is 0.845. The standard InChI is InChI=1S/C17H18N2S/c1-13-8-14(10-18)6-7-16(13)12-20-17-5-3-4-15(9-17)11-19-2/h3-9,19H,11-12H2,1-2H3. The third kappa shape index (κ3) is 3.86. The fourth-order valence-electron chi connectivity index (χ4n) is 2.04. The van der Waals surface area contributed by atoms with Crippen molar-refractivity contribution in [2.45, 2.75) is 24.1 Å². The van der Waals surface area contributed by atoms with E-state index in [4.69, 9.17) is 5.26 Å². The summed E-state index contributed by atoms with van der Waals surface area (Å²) in [7, 11) is 1.96. The van der Waals surface area contributed by atoms with Gasteiger partial charge in [0.05, 0.1) is 11.6 Å². The molecule has 0 spiro atoms. The number of rotatable bonds is 5. The van der Waals surface area contributed by atoms with E-state index in [1.165, 1.54) is 21.6 Å². The predicted molar refractivity (Wildman–Crippen MR) is 84.7 cm³/mol. The highest BCUT2D eigenvalue weighted by molar-refractivity contribution is 7.98. The van der Waals surface area contributed by atoms with Gasteiger partial charge in [-0.15, -0.1) is 11.8 Å². The zero-order valence-corrected chi connectivity index (χ0v) is 12.6. The van der Waals surface area contributed by atoms with Crippen molar-refractivity contribution in [2.24, 2.45) is 0 Å². The smallest absolute Gasteiger partial charge is 0.0991 e. The summed E-state index contributed by atoms with van der Waals surface area (Å²) in [5.41, 5.74) is 4.50. The van der Waals surface area contributed by atoms with Gasteiger partial charge in [0.1, 0.15) is 0 Å². The van der Waals surface area contributed by atoms with Crippen LogP contribution in [0.1, 0.15) is 22.3 Å². The van der Waals surface area contributed by atoms with Gasteiger partial charge in [-0.2, -0.15) is 5.26 Å². The van der Waals surface area contributed by atoms with Crippen LogP contribution in [0.25, 0.3) is 0 Å². The zero-order valence-electron chi connectivity index (χ0n) is 11.8. The lowest BCUT2D eigenvalue weighted by Crippen LogP contribution is -2.04. The number of benzene rings is 2. The highest BCUT2D eigenvalue weighted by atomic mass is 32.2. The van der Waals surface area contributed by atoms with Crippen LogP contribution < -0.4 is 5.32 Å². The first kappa shape index (κ1) is 14.6. The fourth-order valence-corrected chi connectivity index (χ4v) is 3.09.